The van der Waals surface area contributed by atoms with Crippen LogP contribution in [-0.2, 0) is 14.3 Å². The van der Waals surface area contributed by atoms with E-state index in [9.17, 15) is 24.6 Å². The molecule has 8 nitrogen and oxygen atoms in total. The Balaban J connectivity index is 1.36. The molecule has 2 saturated heterocycles. The molecule has 2 saturated carbocycles. The summed E-state index contributed by atoms with van der Waals surface area (Å²) in [6, 6.07) is 2.16. The number of allylic oxidation sites excluding steroid dienone is 2. The summed E-state index contributed by atoms with van der Waals surface area (Å²) in [5.74, 6) is -2.55. The van der Waals surface area contributed by atoms with Crippen molar-refractivity contribution in [1.82, 2.24) is 0 Å². The summed E-state index contributed by atoms with van der Waals surface area (Å²) >= 11 is 0. The Hall–Kier alpha value is -2.87. The van der Waals surface area contributed by atoms with Crippen LogP contribution in [0.25, 0.3) is 0 Å². The molecule has 170 valence electrons. The Morgan fingerprint density at radius 2 is 2.00 bits per heavy atom. The highest BCUT2D eigenvalue weighted by molar-refractivity contribution is 6.00. The van der Waals surface area contributed by atoms with Gasteiger partial charge in [-0.2, -0.15) is 0 Å². The van der Waals surface area contributed by atoms with Crippen LogP contribution in [0.1, 0.15) is 56.3 Å². The van der Waals surface area contributed by atoms with Crippen molar-refractivity contribution >= 4 is 23.3 Å². The van der Waals surface area contributed by atoms with E-state index >= 15 is 0 Å². The molecule has 1 unspecified atom stereocenters. The maximum absolute atomic E-state index is 13.1. The van der Waals surface area contributed by atoms with Crippen LogP contribution in [-0.4, -0.2) is 44.7 Å². The van der Waals surface area contributed by atoms with Gasteiger partial charge in [0.1, 0.15) is 17.0 Å². The number of amides is 1. The van der Waals surface area contributed by atoms with E-state index in [1.807, 2.05) is 6.92 Å². The number of nitrogens with one attached hydrogen (secondary N) is 1. The van der Waals surface area contributed by atoms with Gasteiger partial charge in [0.05, 0.1) is 11.7 Å². The zero-order valence-electron chi connectivity index (χ0n) is 18.1. The standard InChI is InChI=1S/C24H27NO7/c1-22(7-6-17(28)25-18-14(26)4-3-13(19(18)29)21(30)31)16(27)5-8-24-10-12-9-15(20(22)24)32-23(12,2)11-24/h3-5,8,12,15,20,26,29H,6-7,9-11H2,1-2H3,(H,25,28)(H,30,31)/t12-,15+,20?,22-,23+,24+/m1/s1/i3+1,13+1. The van der Waals surface area contributed by atoms with E-state index in [1.165, 1.54) is 0 Å². The van der Waals surface area contributed by atoms with Gasteiger partial charge in [-0.05, 0) is 62.1 Å². The van der Waals surface area contributed by atoms with Gasteiger partial charge in [-0.25, -0.2) is 4.79 Å². The molecule has 4 fully saturated rings. The molecule has 2 aliphatic heterocycles. The maximum atomic E-state index is 13.1. The first-order chi connectivity index (χ1) is 15.0. The van der Waals surface area contributed by atoms with E-state index in [0.717, 1.165) is 31.4 Å². The highest BCUT2D eigenvalue weighted by Crippen LogP contribution is 2.71. The largest absolute Gasteiger partial charge is 0.506 e. The minimum absolute atomic E-state index is 0.00395. The van der Waals surface area contributed by atoms with E-state index in [-0.39, 0.29) is 47.4 Å². The molecule has 1 amide bonds. The predicted octanol–water partition coefficient (Wildman–Crippen LogP) is 3.23. The van der Waals surface area contributed by atoms with Gasteiger partial charge in [0.25, 0.3) is 0 Å². The van der Waals surface area contributed by atoms with Crippen LogP contribution in [0.5, 0.6) is 11.5 Å². The second-order valence-electron chi connectivity index (χ2n) is 10.3. The monoisotopic (exact) mass is 443 g/mol. The van der Waals surface area contributed by atoms with Crippen molar-refractivity contribution in [3.8, 4) is 11.5 Å². The van der Waals surface area contributed by atoms with Crippen molar-refractivity contribution in [2.75, 3.05) is 5.32 Å². The first kappa shape index (κ1) is 21.0. The molecular weight excluding hydrogens is 416 g/mol. The Labute approximate surface area is 185 Å². The third kappa shape index (κ3) is 2.75. The van der Waals surface area contributed by atoms with Gasteiger partial charge in [-0.1, -0.05) is 13.0 Å². The van der Waals surface area contributed by atoms with Crippen LogP contribution < -0.4 is 5.32 Å². The fourth-order valence-electron chi connectivity index (χ4n) is 7.09. The molecule has 5 aliphatic rings. The van der Waals surface area contributed by atoms with Gasteiger partial charge in [0.2, 0.25) is 5.91 Å². The third-order valence-corrected chi connectivity index (χ3v) is 8.44. The summed E-state index contributed by atoms with van der Waals surface area (Å²) in [6.45, 7) is 4.08. The summed E-state index contributed by atoms with van der Waals surface area (Å²) in [6.07, 6.45) is 6.86. The number of ketones is 1. The molecule has 6 atom stereocenters. The molecule has 4 N–H and O–H groups in total. The first-order valence-corrected chi connectivity index (χ1v) is 11.0. The van der Waals surface area contributed by atoms with E-state index in [4.69, 9.17) is 9.84 Å². The van der Waals surface area contributed by atoms with Crippen molar-refractivity contribution < 1.29 is 34.4 Å². The topological polar surface area (TPSA) is 133 Å². The number of benzene rings is 1. The molecular formula is C24H27NO7. The number of aromatic carboxylic acids is 1. The van der Waals surface area contributed by atoms with Gasteiger partial charge in [0.15, 0.2) is 11.5 Å². The zero-order chi connectivity index (χ0) is 23.1. The fourth-order valence-corrected chi connectivity index (χ4v) is 7.09. The summed E-state index contributed by atoms with van der Waals surface area (Å²) in [7, 11) is 0. The SMILES string of the molecule is C[C@@]1(CCC(=O)Nc2c(O)c[13cH][13c](C(=O)O)c2O)C(=O)C=C[C@]23C[C@H]4C[C@H](O[C@@]4(C)C2)C31. The Morgan fingerprint density at radius 3 is 2.69 bits per heavy atom. The number of rotatable bonds is 5. The van der Waals surface area contributed by atoms with Gasteiger partial charge in [-0.15, -0.1) is 0 Å². The molecule has 0 radical (unpaired) electrons. The number of phenolic OH excluding ortho intramolecular Hbond substituents is 1. The molecule has 1 aromatic carbocycles. The highest BCUT2D eigenvalue weighted by atomic mass is 16.5. The number of phenols is 2. The Morgan fingerprint density at radius 1 is 1.25 bits per heavy atom. The van der Waals surface area contributed by atoms with Crippen LogP contribution in [0, 0.1) is 22.7 Å². The second kappa shape index (κ2) is 6.57. The smallest absolute Gasteiger partial charge is 0.339 e. The molecule has 2 heterocycles. The molecule has 8 heteroatoms. The van der Waals surface area contributed by atoms with Gasteiger partial charge < -0.3 is 25.4 Å². The molecule has 1 aromatic rings. The van der Waals surface area contributed by atoms with Crippen LogP contribution in [0.2, 0.25) is 0 Å². The third-order valence-electron chi connectivity index (χ3n) is 8.44. The fraction of sp³-hybridized carbons (Fsp3) is 0.542. The van der Waals surface area contributed by atoms with Crippen molar-refractivity contribution in [3.05, 3.63) is 29.8 Å². The first-order valence-electron chi connectivity index (χ1n) is 11.0. The number of anilines is 1. The number of hydrogen-bond donors (Lipinski definition) is 4. The predicted molar refractivity (Wildman–Crippen MR) is 113 cm³/mol. The Bertz CT molecular complexity index is 1080. The van der Waals surface area contributed by atoms with Gasteiger partial charge in [-0.3, -0.25) is 9.59 Å². The second-order valence-corrected chi connectivity index (χ2v) is 10.3. The summed E-state index contributed by atoms with van der Waals surface area (Å²) in [5, 5.41) is 31.7. The number of hydrogen-bond acceptors (Lipinski definition) is 6. The minimum atomic E-state index is -1.38. The number of carboxylic acid groups (broad SMARTS) is 1. The minimum Gasteiger partial charge on any atom is -0.506 e. The van der Waals surface area contributed by atoms with Gasteiger partial charge >= 0.3 is 5.97 Å². The lowest BCUT2D eigenvalue weighted by molar-refractivity contribution is -0.169. The highest BCUT2D eigenvalue weighted by Gasteiger charge is 2.71. The van der Waals surface area contributed by atoms with E-state index in [2.05, 4.69) is 18.3 Å². The normalized spacial score (nSPS) is 38.7. The Kier molecular flexibility index (Phi) is 4.31. The average molecular weight is 443 g/mol. The molecule has 4 bridgehead atoms. The number of carbonyl (C=O) groups is 3. The lowest BCUT2D eigenvalue weighted by atomic mass is 9.51. The van der Waals surface area contributed by atoms with Crippen LogP contribution in [0.15, 0.2) is 24.3 Å². The number of ether oxygens (including phenoxy) is 1. The van der Waals surface area contributed by atoms with Crippen LogP contribution >= 0.6 is 0 Å². The van der Waals surface area contributed by atoms with Crippen molar-refractivity contribution in [2.24, 2.45) is 22.7 Å². The van der Waals surface area contributed by atoms with Crippen LogP contribution in [0.3, 0.4) is 0 Å². The summed E-state index contributed by atoms with van der Waals surface area (Å²) in [5.41, 5.74) is -1.75. The maximum Gasteiger partial charge on any atom is 0.339 e. The quantitative estimate of drug-likeness (QED) is 0.514. The summed E-state index contributed by atoms with van der Waals surface area (Å²) < 4.78 is 6.41. The molecule has 6 rings (SSSR count). The van der Waals surface area contributed by atoms with Crippen LogP contribution in [0.4, 0.5) is 5.69 Å². The lowest BCUT2D eigenvalue weighted by Crippen LogP contribution is -2.56. The molecule has 3 aliphatic carbocycles. The number of aromatic hydroxyl groups is 2. The van der Waals surface area contributed by atoms with E-state index in [0.29, 0.717) is 5.92 Å². The number of carbonyl (C=O) groups excluding carboxylic acids is 2. The number of carboxylic acids is 1. The van der Waals surface area contributed by atoms with Crippen molar-refractivity contribution in [2.45, 2.75) is 57.7 Å². The van der Waals surface area contributed by atoms with Crippen molar-refractivity contribution in [1.29, 1.82) is 0 Å². The van der Waals surface area contributed by atoms with Gasteiger partial charge in [0, 0.05) is 17.8 Å². The molecule has 1 spiro atoms. The van der Waals surface area contributed by atoms with E-state index in [1.54, 1.807) is 6.08 Å². The average Bonchev–Trinajstić information content (AvgIpc) is 3.08. The molecule has 0 aromatic heterocycles. The summed E-state index contributed by atoms with van der Waals surface area (Å²) in [4.78, 5) is 37.0. The zero-order valence-corrected chi connectivity index (χ0v) is 18.1. The lowest BCUT2D eigenvalue weighted by Gasteiger charge is -2.55. The van der Waals surface area contributed by atoms with Crippen molar-refractivity contribution in [3.63, 3.8) is 0 Å². The molecule has 32 heavy (non-hydrogen) atoms. The van der Waals surface area contributed by atoms with E-state index < -0.39 is 34.4 Å².